The lowest BCUT2D eigenvalue weighted by Gasteiger charge is -2.14. The molecule has 1 amide bonds. The summed E-state index contributed by atoms with van der Waals surface area (Å²) < 4.78 is 38.1. The number of nitrogens with zero attached hydrogens (tertiary/aromatic N) is 1. The highest BCUT2D eigenvalue weighted by molar-refractivity contribution is 7.12. The molecule has 4 nitrogen and oxygen atoms in total. The van der Waals surface area contributed by atoms with Gasteiger partial charge in [-0.3, -0.25) is 4.79 Å². The van der Waals surface area contributed by atoms with E-state index in [0.717, 1.165) is 17.1 Å². The average Bonchev–Trinajstić information content (AvgIpc) is 3.21. The number of amides is 1. The Kier molecular flexibility index (Phi) is 5.04. The minimum Gasteiger partial charge on any atom is -0.349 e. The van der Waals surface area contributed by atoms with Gasteiger partial charge in [-0.2, -0.15) is 13.2 Å². The number of hydrogen-bond acceptors (Lipinski definition) is 3. The average molecular weight is 381 g/mol. The van der Waals surface area contributed by atoms with Crippen LogP contribution in [0.2, 0.25) is 0 Å². The molecule has 0 fully saturated rings. The van der Waals surface area contributed by atoms with Crippen molar-refractivity contribution < 1.29 is 18.0 Å². The third-order valence-corrected chi connectivity index (χ3v) is 5.39. The number of carbonyl (C=O) groups excluding carboxylic acids is 1. The SMILES string of the molecule is CC(CC(=O)N[C@H](C)c1ccc(C(F)(F)F)s1)c1nc2ccccc2[nH]1. The Labute approximate surface area is 152 Å². The van der Waals surface area contributed by atoms with Crippen molar-refractivity contribution >= 4 is 28.3 Å². The van der Waals surface area contributed by atoms with Gasteiger partial charge in [0.2, 0.25) is 5.91 Å². The van der Waals surface area contributed by atoms with Gasteiger partial charge in [0.25, 0.3) is 0 Å². The molecule has 0 bridgehead atoms. The van der Waals surface area contributed by atoms with Crippen LogP contribution in [-0.4, -0.2) is 15.9 Å². The molecule has 2 N–H and O–H groups in total. The molecular weight excluding hydrogens is 363 g/mol. The normalized spacial score (nSPS) is 14.3. The Balaban J connectivity index is 1.61. The van der Waals surface area contributed by atoms with E-state index >= 15 is 0 Å². The Morgan fingerprint density at radius 2 is 1.96 bits per heavy atom. The van der Waals surface area contributed by atoms with Crippen molar-refractivity contribution in [1.29, 1.82) is 0 Å². The molecule has 2 atom stereocenters. The molecule has 0 saturated heterocycles. The summed E-state index contributed by atoms with van der Waals surface area (Å²) in [6.07, 6.45) is -4.16. The van der Waals surface area contributed by atoms with Crippen LogP contribution in [0.3, 0.4) is 0 Å². The number of rotatable bonds is 5. The highest BCUT2D eigenvalue weighted by atomic mass is 32.1. The summed E-state index contributed by atoms with van der Waals surface area (Å²) in [7, 11) is 0. The van der Waals surface area contributed by atoms with Gasteiger partial charge < -0.3 is 10.3 Å². The first kappa shape index (κ1) is 18.4. The van der Waals surface area contributed by atoms with Crippen LogP contribution < -0.4 is 5.32 Å². The molecule has 0 saturated carbocycles. The third kappa shape index (κ3) is 4.07. The van der Waals surface area contributed by atoms with Crippen molar-refractivity contribution in [2.75, 3.05) is 0 Å². The van der Waals surface area contributed by atoms with Crippen LogP contribution in [0, 0.1) is 0 Å². The number of thiophene rings is 1. The van der Waals surface area contributed by atoms with Gasteiger partial charge in [-0.25, -0.2) is 4.98 Å². The number of benzene rings is 1. The van der Waals surface area contributed by atoms with E-state index in [1.807, 2.05) is 31.2 Å². The molecule has 0 radical (unpaired) electrons. The topological polar surface area (TPSA) is 57.8 Å². The minimum atomic E-state index is -4.36. The Morgan fingerprint density at radius 1 is 1.23 bits per heavy atom. The zero-order valence-electron chi connectivity index (χ0n) is 14.2. The van der Waals surface area contributed by atoms with E-state index in [-0.39, 0.29) is 18.2 Å². The van der Waals surface area contributed by atoms with Crippen molar-refractivity contribution in [3.63, 3.8) is 0 Å². The maximum absolute atomic E-state index is 12.7. The number of hydrogen-bond donors (Lipinski definition) is 2. The van der Waals surface area contributed by atoms with Crippen LogP contribution in [-0.2, 0) is 11.0 Å². The summed E-state index contributed by atoms with van der Waals surface area (Å²) >= 11 is 0.650. The Hall–Kier alpha value is -2.35. The monoisotopic (exact) mass is 381 g/mol. The molecule has 0 aliphatic carbocycles. The largest absolute Gasteiger partial charge is 0.425 e. The summed E-state index contributed by atoms with van der Waals surface area (Å²) in [4.78, 5) is 19.7. The first-order valence-electron chi connectivity index (χ1n) is 8.15. The fraction of sp³-hybridized carbons (Fsp3) is 0.333. The lowest BCUT2D eigenvalue weighted by atomic mass is 10.1. The van der Waals surface area contributed by atoms with Gasteiger partial charge >= 0.3 is 6.18 Å². The van der Waals surface area contributed by atoms with Gasteiger partial charge in [-0.15, -0.1) is 11.3 Å². The third-order valence-electron chi connectivity index (χ3n) is 4.08. The molecule has 3 aromatic rings. The maximum atomic E-state index is 12.7. The van der Waals surface area contributed by atoms with E-state index in [0.29, 0.717) is 22.0 Å². The van der Waals surface area contributed by atoms with Gasteiger partial charge in [0.1, 0.15) is 10.7 Å². The predicted molar refractivity (Wildman–Crippen MR) is 95.0 cm³/mol. The first-order chi connectivity index (χ1) is 12.2. The summed E-state index contributed by atoms with van der Waals surface area (Å²) in [5.74, 6) is 0.348. The second-order valence-electron chi connectivity index (χ2n) is 6.23. The lowest BCUT2D eigenvalue weighted by Crippen LogP contribution is -2.27. The molecule has 2 heterocycles. The number of aromatic nitrogens is 2. The van der Waals surface area contributed by atoms with Crippen LogP contribution in [0.1, 0.15) is 47.8 Å². The second kappa shape index (κ2) is 7.11. The number of halogens is 3. The van der Waals surface area contributed by atoms with Crippen molar-refractivity contribution in [3.05, 3.63) is 52.0 Å². The van der Waals surface area contributed by atoms with Crippen molar-refractivity contribution in [3.8, 4) is 0 Å². The molecule has 0 aliphatic rings. The second-order valence-corrected chi connectivity index (χ2v) is 7.35. The zero-order valence-corrected chi connectivity index (χ0v) is 15.0. The summed E-state index contributed by atoms with van der Waals surface area (Å²) in [5, 5.41) is 2.76. The molecule has 138 valence electrons. The number of nitrogens with one attached hydrogen (secondary N) is 2. The van der Waals surface area contributed by atoms with Gasteiger partial charge in [-0.05, 0) is 31.2 Å². The molecule has 26 heavy (non-hydrogen) atoms. The van der Waals surface area contributed by atoms with Gasteiger partial charge in [0.15, 0.2) is 0 Å². The molecular formula is C18H18F3N3OS. The highest BCUT2D eigenvalue weighted by Crippen LogP contribution is 2.36. The lowest BCUT2D eigenvalue weighted by molar-refractivity contribution is -0.134. The van der Waals surface area contributed by atoms with E-state index in [1.165, 1.54) is 6.07 Å². The quantitative estimate of drug-likeness (QED) is 0.652. The Morgan fingerprint density at radius 3 is 2.62 bits per heavy atom. The van der Waals surface area contributed by atoms with Gasteiger partial charge in [0.05, 0.1) is 17.1 Å². The molecule has 1 aromatic carbocycles. The fourth-order valence-electron chi connectivity index (χ4n) is 2.69. The standard InChI is InChI=1S/C18H18F3N3OS/c1-10(17-23-12-5-3-4-6-13(12)24-17)9-16(25)22-11(2)14-7-8-15(26-14)18(19,20)21/h3-8,10-11H,9H2,1-2H3,(H,22,25)(H,23,24)/t10?,11-/m1/s1. The van der Waals surface area contributed by atoms with Crippen LogP contribution in [0.5, 0.6) is 0 Å². The smallest absolute Gasteiger partial charge is 0.349 e. The first-order valence-corrected chi connectivity index (χ1v) is 8.96. The number of imidazole rings is 1. The number of carbonyl (C=O) groups is 1. The van der Waals surface area contributed by atoms with E-state index in [2.05, 4.69) is 15.3 Å². The van der Waals surface area contributed by atoms with Crippen LogP contribution in [0.4, 0.5) is 13.2 Å². The predicted octanol–water partition coefficient (Wildman–Crippen LogP) is 5.01. The molecule has 2 aromatic heterocycles. The summed E-state index contributed by atoms with van der Waals surface area (Å²) in [6.45, 7) is 3.56. The minimum absolute atomic E-state index is 0.135. The molecule has 0 spiro atoms. The van der Waals surface area contributed by atoms with Gasteiger partial charge in [0, 0.05) is 17.2 Å². The summed E-state index contributed by atoms with van der Waals surface area (Å²) in [6, 6.07) is 9.56. The molecule has 8 heteroatoms. The number of fused-ring (bicyclic) bond motifs is 1. The maximum Gasteiger partial charge on any atom is 0.425 e. The molecule has 0 aliphatic heterocycles. The van der Waals surface area contributed by atoms with E-state index in [1.54, 1.807) is 6.92 Å². The Bertz CT molecular complexity index is 883. The highest BCUT2D eigenvalue weighted by Gasteiger charge is 2.33. The molecule has 3 rings (SSSR count). The van der Waals surface area contributed by atoms with E-state index in [4.69, 9.17) is 0 Å². The van der Waals surface area contributed by atoms with E-state index in [9.17, 15) is 18.0 Å². The van der Waals surface area contributed by atoms with Crippen molar-refractivity contribution in [2.45, 2.75) is 38.4 Å². The fourth-order valence-corrected chi connectivity index (χ4v) is 3.57. The van der Waals surface area contributed by atoms with Crippen molar-refractivity contribution in [1.82, 2.24) is 15.3 Å². The summed E-state index contributed by atoms with van der Waals surface area (Å²) in [5.41, 5.74) is 1.74. The van der Waals surface area contributed by atoms with Crippen molar-refractivity contribution in [2.24, 2.45) is 0 Å². The number of para-hydroxylation sites is 2. The number of H-pyrrole nitrogens is 1. The zero-order chi connectivity index (χ0) is 18.9. The van der Waals surface area contributed by atoms with E-state index < -0.39 is 17.1 Å². The number of alkyl halides is 3. The molecule has 1 unspecified atom stereocenters. The van der Waals surface area contributed by atoms with Crippen LogP contribution >= 0.6 is 11.3 Å². The number of aromatic amines is 1. The van der Waals surface area contributed by atoms with Gasteiger partial charge in [-0.1, -0.05) is 19.1 Å². The van der Waals surface area contributed by atoms with Crippen LogP contribution in [0.15, 0.2) is 36.4 Å². The van der Waals surface area contributed by atoms with Crippen LogP contribution in [0.25, 0.3) is 11.0 Å².